The molecule has 0 bridgehead atoms. The Hall–Kier alpha value is -1.13. The number of nitrogens with zero attached hydrogens (tertiary/aromatic N) is 2. The van der Waals surface area contributed by atoms with Crippen LogP contribution in [0, 0.1) is 6.92 Å². The van der Waals surface area contributed by atoms with Gasteiger partial charge in [0.25, 0.3) is 0 Å². The molecule has 1 saturated heterocycles. The predicted octanol–water partition coefficient (Wildman–Crippen LogP) is 3.11. The average Bonchev–Trinajstić information content (AvgIpc) is 2.68. The summed E-state index contributed by atoms with van der Waals surface area (Å²) in [6, 6.07) is 6.37. The first-order valence-electron chi connectivity index (χ1n) is 6.77. The van der Waals surface area contributed by atoms with Gasteiger partial charge in [-0.2, -0.15) is 0 Å². The highest BCUT2D eigenvalue weighted by Crippen LogP contribution is 2.32. The lowest BCUT2D eigenvalue weighted by Crippen LogP contribution is -2.28. The highest BCUT2D eigenvalue weighted by atomic mass is 79.9. The zero-order valence-electron chi connectivity index (χ0n) is 11.1. The van der Waals surface area contributed by atoms with Crippen LogP contribution in [0.25, 0.3) is 10.8 Å². The minimum atomic E-state index is 1.03. The second-order valence-electron chi connectivity index (χ2n) is 5.02. The molecule has 0 unspecified atom stereocenters. The molecule has 0 amide bonds. The summed E-state index contributed by atoms with van der Waals surface area (Å²) in [5, 5.41) is 5.97. The van der Waals surface area contributed by atoms with Crippen LogP contribution in [-0.2, 0) is 0 Å². The monoisotopic (exact) mass is 319 g/mol. The van der Waals surface area contributed by atoms with Crippen molar-refractivity contribution in [3.63, 3.8) is 0 Å². The Bertz CT molecular complexity index is 581. The molecule has 100 valence electrons. The maximum Gasteiger partial charge on any atom is 0.136 e. The quantitative estimate of drug-likeness (QED) is 0.875. The minimum absolute atomic E-state index is 1.03. The van der Waals surface area contributed by atoms with E-state index in [-0.39, 0.29) is 0 Å². The van der Waals surface area contributed by atoms with Crippen LogP contribution < -0.4 is 10.2 Å². The smallest absolute Gasteiger partial charge is 0.136 e. The van der Waals surface area contributed by atoms with Gasteiger partial charge in [0.2, 0.25) is 0 Å². The maximum absolute atomic E-state index is 4.69. The van der Waals surface area contributed by atoms with E-state index in [4.69, 9.17) is 4.98 Å². The summed E-state index contributed by atoms with van der Waals surface area (Å²) in [5.41, 5.74) is 1.22. The lowest BCUT2D eigenvalue weighted by atomic mass is 10.1. The van der Waals surface area contributed by atoms with E-state index >= 15 is 0 Å². The van der Waals surface area contributed by atoms with Crippen LogP contribution in [0.15, 0.2) is 28.9 Å². The fraction of sp³-hybridized carbons (Fsp3) is 0.400. The Morgan fingerprint density at radius 2 is 2.16 bits per heavy atom. The molecule has 0 aliphatic carbocycles. The second-order valence-corrected chi connectivity index (χ2v) is 5.87. The van der Waals surface area contributed by atoms with Crippen LogP contribution >= 0.6 is 15.9 Å². The molecule has 3 nitrogen and oxygen atoms in total. The molecule has 0 atom stereocenters. The van der Waals surface area contributed by atoms with Crippen molar-refractivity contribution < 1.29 is 0 Å². The molecule has 1 fully saturated rings. The molecule has 1 aromatic heterocycles. The van der Waals surface area contributed by atoms with Gasteiger partial charge in [-0.1, -0.05) is 28.1 Å². The summed E-state index contributed by atoms with van der Waals surface area (Å²) in [6.45, 7) is 6.35. The Balaban J connectivity index is 2.13. The molecule has 1 N–H and O–H groups in total. The molecule has 2 aromatic rings. The van der Waals surface area contributed by atoms with E-state index in [9.17, 15) is 0 Å². The Labute approximate surface area is 122 Å². The number of hydrogen-bond acceptors (Lipinski definition) is 3. The van der Waals surface area contributed by atoms with E-state index in [0.29, 0.717) is 0 Å². The Morgan fingerprint density at radius 3 is 3.05 bits per heavy atom. The molecule has 1 aromatic carbocycles. The molecular formula is C15H18BrN3. The molecule has 1 aliphatic rings. The number of hydrogen-bond donors (Lipinski definition) is 1. The number of rotatable bonds is 1. The van der Waals surface area contributed by atoms with Crippen LogP contribution in [-0.4, -0.2) is 31.2 Å². The third-order valence-corrected chi connectivity index (χ3v) is 4.33. The molecule has 3 rings (SSSR count). The zero-order chi connectivity index (χ0) is 13.2. The summed E-state index contributed by atoms with van der Waals surface area (Å²) in [6.07, 6.45) is 3.16. The van der Waals surface area contributed by atoms with Crippen molar-refractivity contribution in [2.24, 2.45) is 0 Å². The van der Waals surface area contributed by atoms with Crippen molar-refractivity contribution in [2.45, 2.75) is 13.3 Å². The minimum Gasteiger partial charge on any atom is -0.355 e. The first-order chi connectivity index (χ1) is 9.27. The lowest BCUT2D eigenvalue weighted by Gasteiger charge is -2.23. The number of aromatic nitrogens is 1. The molecule has 0 saturated carbocycles. The van der Waals surface area contributed by atoms with Gasteiger partial charge in [-0.15, -0.1) is 0 Å². The molecule has 0 radical (unpaired) electrons. The lowest BCUT2D eigenvalue weighted by molar-refractivity contribution is 0.724. The van der Waals surface area contributed by atoms with E-state index in [0.717, 1.165) is 36.5 Å². The number of halogens is 1. The second kappa shape index (κ2) is 5.47. The third-order valence-electron chi connectivity index (χ3n) is 3.67. The number of pyridine rings is 1. The first kappa shape index (κ1) is 12.9. The summed E-state index contributed by atoms with van der Waals surface area (Å²) in [4.78, 5) is 7.09. The summed E-state index contributed by atoms with van der Waals surface area (Å²) in [7, 11) is 0. The fourth-order valence-electron chi connectivity index (χ4n) is 2.71. The van der Waals surface area contributed by atoms with Gasteiger partial charge in [-0.25, -0.2) is 4.98 Å². The Morgan fingerprint density at radius 1 is 1.26 bits per heavy atom. The molecule has 2 heterocycles. The van der Waals surface area contributed by atoms with Gasteiger partial charge in [-0.05, 0) is 31.5 Å². The van der Waals surface area contributed by atoms with Gasteiger partial charge >= 0.3 is 0 Å². The van der Waals surface area contributed by atoms with Crippen molar-refractivity contribution >= 4 is 32.5 Å². The fourth-order valence-corrected chi connectivity index (χ4v) is 3.39. The van der Waals surface area contributed by atoms with Crippen LogP contribution in [0.1, 0.15) is 12.0 Å². The van der Waals surface area contributed by atoms with E-state index in [1.807, 2.05) is 6.20 Å². The normalized spacial score (nSPS) is 16.6. The largest absolute Gasteiger partial charge is 0.355 e. The number of anilines is 1. The summed E-state index contributed by atoms with van der Waals surface area (Å²) >= 11 is 3.66. The van der Waals surface area contributed by atoms with E-state index in [1.54, 1.807) is 0 Å². The van der Waals surface area contributed by atoms with Crippen molar-refractivity contribution in [1.82, 2.24) is 10.3 Å². The van der Waals surface area contributed by atoms with Gasteiger partial charge < -0.3 is 10.2 Å². The first-order valence-corrected chi connectivity index (χ1v) is 7.56. The number of nitrogens with one attached hydrogen (secondary N) is 1. The molecular weight excluding hydrogens is 302 g/mol. The number of benzene rings is 1. The summed E-state index contributed by atoms with van der Waals surface area (Å²) in [5.74, 6) is 1.12. The highest BCUT2D eigenvalue weighted by molar-refractivity contribution is 9.10. The molecule has 0 spiro atoms. The van der Waals surface area contributed by atoms with Crippen molar-refractivity contribution in [1.29, 1.82) is 0 Å². The molecule has 1 aliphatic heterocycles. The third kappa shape index (κ3) is 2.47. The topological polar surface area (TPSA) is 28.2 Å². The van der Waals surface area contributed by atoms with Crippen LogP contribution in [0.3, 0.4) is 0 Å². The van der Waals surface area contributed by atoms with Crippen LogP contribution in [0.4, 0.5) is 5.82 Å². The zero-order valence-corrected chi connectivity index (χ0v) is 12.7. The average molecular weight is 320 g/mol. The van der Waals surface area contributed by atoms with Gasteiger partial charge in [0, 0.05) is 41.1 Å². The number of aryl methyl sites for hydroxylation is 1. The van der Waals surface area contributed by atoms with Crippen molar-refractivity contribution in [3.05, 3.63) is 34.4 Å². The van der Waals surface area contributed by atoms with Gasteiger partial charge in [0.1, 0.15) is 5.82 Å². The van der Waals surface area contributed by atoms with Crippen molar-refractivity contribution in [2.75, 3.05) is 31.1 Å². The number of fused-ring (bicyclic) bond motifs is 1. The Kier molecular flexibility index (Phi) is 3.71. The van der Waals surface area contributed by atoms with Gasteiger partial charge in [0.15, 0.2) is 0 Å². The van der Waals surface area contributed by atoms with E-state index < -0.39 is 0 Å². The predicted molar refractivity (Wildman–Crippen MR) is 83.9 cm³/mol. The molecule has 4 heteroatoms. The van der Waals surface area contributed by atoms with Gasteiger partial charge in [-0.3, -0.25) is 0 Å². The van der Waals surface area contributed by atoms with Crippen LogP contribution in [0.5, 0.6) is 0 Å². The van der Waals surface area contributed by atoms with Crippen LogP contribution in [0.2, 0.25) is 0 Å². The van der Waals surface area contributed by atoms with E-state index in [1.165, 1.54) is 22.8 Å². The van der Waals surface area contributed by atoms with Gasteiger partial charge in [0.05, 0.1) is 0 Å². The maximum atomic E-state index is 4.69. The highest BCUT2D eigenvalue weighted by Gasteiger charge is 2.15. The summed E-state index contributed by atoms with van der Waals surface area (Å²) < 4.78 is 1.15. The SMILES string of the molecule is Cc1cnc(N2CCCNCC2)c2cccc(Br)c12. The standard InChI is InChI=1S/C15H18BrN3/c1-11-10-18-15(19-8-3-6-17-7-9-19)12-4-2-5-13(16)14(11)12/h2,4-5,10,17H,3,6-9H2,1H3. The molecule has 19 heavy (non-hydrogen) atoms. The van der Waals surface area contributed by atoms with E-state index in [2.05, 4.69) is 51.3 Å². The van der Waals surface area contributed by atoms with Crippen molar-refractivity contribution in [3.8, 4) is 0 Å².